The number of carbonyl (C=O) groups excluding carboxylic acids is 2. The smallest absolute Gasteiger partial charge is 0.233 e. The number of benzene rings is 2. The Morgan fingerprint density at radius 3 is 2.48 bits per heavy atom. The molecule has 21 heavy (non-hydrogen) atoms. The first kappa shape index (κ1) is 13.4. The average molecular weight is 281 g/mol. The van der Waals surface area contributed by atoms with E-state index in [0.29, 0.717) is 23.5 Å². The maximum atomic E-state index is 12.3. The molecule has 1 aliphatic heterocycles. The molecule has 0 aliphatic carbocycles. The van der Waals surface area contributed by atoms with E-state index in [1.165, 1.54) is 0 Å². The average Bonchev–Trinajstić information content (AvgIpc) is 2.54. The normalized spacial score (nSPS) is 13.3. The molecule has 2 aromatic carbocycles. The fraction of sp³-hybridized carbons (Fsp3) is 0.176. The van der Waals surface area contributed by atoms with Crippen molar-refractivity contribution in [2.24, 2.45) is 0 Å². The van der Waals surface area contributed by atoms with Gasteiger partial charge in [-0.15, -0.1) is 0 Å². The molecule has 3 rings (SSSR count). The molecule has 0 spiro atoms. The predicted molar refractivity (Wildman–Crippen MR) is 80.3 cm³/mol. The van der Waals surface area contributed by atoms with Crippen molar-refractivity contribution in [3.05, 3.63) is 59.7 Å². The van der Waals surface area contributed by atoms with E-state index in [-0.39, 0.29) is 0 Å². The third-order valence-corrected chi connectivity index (χ3v) is 3.56. The Morgan fingerprint density at radius 1 is 1.00 bits per heavy atom. The van der Waals surface area contributed by atoms with Crippen LogP contribution in [0.5, 0.6) is 5.75 Å². The van der Waals surface area contributed by atoms with Gasteiger partial charge in [0.05, 0.1) is 12.2 Å². The van der Waals surface area contributed by atoms with Crippen LogP contribution in [-0.4, -0.2) is 31.8 Å². The number of fused-ring (bicyclic) bond motifs is 1. The zero-order valence-corrected chi connectivity index (χ0v) is 11.7. The Labute approximate surface area is 123 Å². The number of hydrogen-bond donors (Lipinski definition) is 0. The number of Topliss-reactive ketones (excluding diaryl/α,β-unsaturated/α-hetero) is 2. The maximum absolute atomic E-state index is 12.3. The number of rotatable bonds is 3. The van der Waals surface area contributed by atoms with E-state index in [1.807, 2.05) is 19.2 Å². The fourth-order valence-electron chi connectivity index (χ4n) is 2.35. The van der Waals surface area contributed by atoms with Crippen LogP contribution >= 0.6 is 0 Å². The van der Waals surface area contributed by atoms with Gasteiger partial charge in [0.1, 0.15) is 12.4 Å². The van der Waals surface area contributed by atoms with E-state index < -0.39 is 11.6 Å². The first-order chi connectivity index (χ1) is 10.2. The molecular weight excluding hydrogens is 266 g/mol. The Kier molecular flexibility index (Phi) is 3.44. The standard InChI is InChI=1S/C17H15NO3/c1-18-9-10-21-15-11-13(7-8-14(15)18)17(20)16(19)12-5-3-2-4-6-12/h2-8,11H,9-10H2,1H3. The summed E-state index contributed by atoms with van der Waals surface area (Å²) in [6.45, 7) is 1.39. The highest BCUT2D eigenvalue weighted by Gasteiger charge is 2.21. The number of hydrogen-bond acceptors (Lipinski definition) is 4. The van der Waals surface area contributed by atoms with Crippen molar-refractivity contribution in [3.63, 3.8) is 0 Å². The SMILES string of the molecule is CN1CCOc2cc(C(=O)C(=O)c3ccccc3)ccc21. The molecule has 1 aliphatic rings. The highest BCUT2D eigenvalue weighted by atomic mass is 16.5. The van der Waals surface area contributed by atoms with Gasteiger partial charge in [0.2, 0.25) is 11.6 Å². The molecule has 0 N–H and O–H groups in total. The van der Waals surface area contributed by atoms with Crippen molar-refractivity contribution >= 4 is 17.3 Å². The first-order valence-corrected chi connectivity index (χ1v) is 6.79. The van der Waals surface area contributed by atoms with Crippen molar-refractivity contribution in [2.45, 2.75) is 0 Å². The summed E-state index contributed by atoms with van der Waals surface area (Å²) < 4.78 is 5.56. The molecule has 0 atom stereocenters. The van der Waals surface area contributed by atoms with Crippen molar-refractivity contribution in [1.82, 2.24) is 0 Å². The van der Waals surface area contributed by atoms with E-state index in [4.69, 9.17) is 4.74 Å². The number of ether oxygens (including phenoxy) is 1. The lowest BCUT2D eigenvalue weighted by Gasteiger charge is -2.27. The Bertz CT molecular complexity index is 694. The van der Waals surface area contributed by atoms with Gasteiger partial charge in [0, 0.05) is 18.2 Å². The molecular formula is C17H15NO3. The Morgan fingerprint density at radius 2 is 1.71 bits per heavy atom. The second-order valence-electron chi connectivity index (χ2n) is 4.98. The van der Waals surface area contributed by atoms with Gasteiger partial charge in [-0.25, -0.2) is 0 Å². The summed E-state index contributed by atoms with van der Waals surface area (Å²) >= 11 is 0. The predicted octanol–water partition coefficient (Wildman–Crippen LogP) is 2.58. The fourth-order valence-corrected chi connectivity index (χ4v) is 2.35. The third kappa shape index (κ3) is 2.52. The lowest BCUT2D eigenvalue weighted by molar-refractivity contribution is 0.0816. The van der Waals surface area contributed by atoms with Crippen LogP contribution in [0.15, 0.2) is 48.5 Å². The van der Waals surface area contributed by atoms with Crippen molar-refractivity contribution in [2.75, 3.05) is 25.1 Å². The largest absolute Gasteiger partial charge is 0.490 e. The molecule has 1 heterocycles. The monoisotopic (exact) mass is 281 g/mol. The third-order valence-electron chi connectivity index (χ3n) is 3.56. The molecule has 0 saturated carbocycles. The molecule has 0 saturated heterocycles. The van der Waals surface area contributed by atoms with E-state index in [2.05, 4.69) is 4.90 Å². The zero-order valence-electron chi connectivity index (χ0n) is 11.7. The van der Waals surface area contributed by atoms with Crippen molar-refractivity contribution in [1.29, 1.82) is 0 Å². The topological polar surface area (TPSA) is 46.6 Å². The second kappa shape index (κ2) is 5.40. The van der Waals surface area contributed by atoms with Crippen LogP contribution in [0.2, 0.25) is 0 Å². The molecule has 0 fully saturated rings. The second-order valence-corrected chi connectivity index (χ2v) is 4.98. The van der Waals surface area contributed by atoms with Crippen LogP contribution in [0.25, 0.3) is 0 Å². The van der Waals surface area contributed by atoms with Gasteiger partial charge in [0.15, 0.2) is 0 Å². The Hall–Kier alpha value is -2.62. The number of nitrogens with zero attached hydrogens (tertiary/aromatic N) is 1. The minimum absolute atomic E-state index is 0.359. The van der Waals surface area contributed by atoms with Crippen LogP contribution in [-0.2, 0) is 0 Å². The minimum atomic E-state index is -0.513. The molecule has 0 aromatic heterocycles. The lowest BCUT2D eigenvalue weighted by Crippen LogP contribution is -2.29. The minimum Gasteiger partial charge on any atom is -0.490 e. The molecule has 0 bridgehead atoms. The molecule has 4 heteroatoms. The lowest BCUT2D eigenvalue weighted by atomic mass is 10.0. The van der Waals surface area contributed by atoms with E-state index in [1.54, 1.807) is 36.4 Å². The summed E-state index contributed by atoms with van der Waals surface area (Å²) in [5, 5.41) is 0. The van der Waals surface area contributed by atoms with Gasteiger partial charge in [-0.2, -0.15) is 0 Å². The number of likely N-dealkylation sites (N-methyl/N-ethyl adjacent to an activating group) is 1. The van der Waals surface area contributed by atoms with Crippen LogP contribution in [0.1, 0.15) is 20.7 Å². The van der Waals surface area contributed by atoms with E-state index in [9.17, 15) is 9.59 Å². The van der Waals surface area contributed by atoms with Gasteiger partial charge in [0.25, 0.3) is 0 Å². The van der Waals surface area contributed by atoms with Crippen LogP contribution in [0.4, 0.5) is 5.69 Å². The van der Waals surface area contributed by atoms with Gasteiger partial charge >= 0.3 is 0 Å². The van der Waals surface area contributed by atoms with Gasteiger partial charge in [-0.1, -0.05) is 30.3 Å². The van der Waals surface area contributed by atoms with Crippen LogP contribution in [0.3, 0.4) is 0 Å². The summed E-state index contributed by atoms with van der Waals surface area (Å²) in [6.07, 6.45) is 0. The van der Waals surface area contributed by atoms with Gasteiger partial charge in [-0.3, -0.25) is 9.59 Å². The van der Waals surface area contributed by atoms with Gasteiger partial charge < -0.3 is 9.64 Å². The highest BCUT2D eigenvalue weighted by molar-refractivity contribution is 6.49. The molecule has 0 unspecified atom stereocenters. The maximum Gasteiger partial charge on any atom is 0.233 e. The molecule has 2 aromatic rings. The molecule has 0 amide bonds. The molecule has 4 nitrogen and oxygen atoms in total. The summed E-state index contributed by atoms with van der Waals surface area (Å²) in [5.74, 6) is -0.365. The van der Waals surface area contributed by atoms with Crippen molar-refractivity contribution in [3.8, 4) is 5.75 Å². The number of ketones is 2. The van der Waals surface area contributed by atoms with Gasteiger partial charge in [-0.05, 0) is 18.2 Å². The van der Waals surface area contributed by atoms with Crippen LogP contribution < -0.4 is 9.64 Å². The quantitative estimate of drug-likeness (QED) is 0.641. The highest BCUT2D eigenvalue weighted by Crippen LogP contribution is 2.31. The number of anilines is 1. The number of carbonyl (C=O) groups is 2. The first-order valence-electron chi connectivity index (χ1n) is 6.79. The van der Waals surface area contributed by atoms with Crippen LogP contribution in [0, 0.1) is 0 Å². The molecule has 106 valence electrons. The summed E-state index contributed by atoms with van der Waals surface area (Å²) in [7, 11) is 1.97. The van der Waals surface area contributed by atoms with Crippen molar-refractivity contribution < 1.29 is 14.3 Å². The summed E-state index contributed by atoms with van der Waals surface area (Å²) in [4.78, 5) is 26.5. The summed E-state index contributed by atoms with van der Waals surface area (Å²) in [5.41, 5.74) is 1.70. The van der Waals surface area contributed by atoms with E-state index >= 15 is 0 Å². The summed E-state index contributed by atoms with van der Waals surface area (Å²) in [6, 6.07) is 13.7. The van der Waals surface area contributed by atoms with E-state index in [0.717, 1.165) is 12.2 Å². The molecule has 0 radical (unpaired) electrons. The Balaban J connectivity index is 1.91. The zero-order chi connectivity index (χ0) is 14.8.